The van der Waals surface area contributed by atoms with Crippen LogP contribution in [0.4, 0.5) is 0 Å². The summed E-state index contributed by atoms with van der Waals surface area (Å²) in [5.74, 6) is 1.55. The van der Waals surface area contributed by atoms with Crippen LogP contribution in [0.5, 0.6) is 0 Å². The van der Waals surface area contributed by atoms with Gasteiger partial charge in [-0.15, -0.1) is 0 Å². The Balaban J connectivity index is 1.79. The van der Waals surface area contributed by atoms with Crippen LogP contribution in [0.3, 0.4) is 0 Å². The molecule has 1 heterocycles. The first-order valence-electron chi connectivity index (χ1n) is 8.37. The molecule has 1 aliphatic carbocycles. The summed E-state index contributed by atoms with van der Waals surface area (Å²) in [7, 11) is 0. The van der Waals surface area contributed by atoms with Crippen LogP contribution in [0.15, 0.2) is 0 Å². The van der Waals surface area contributed by atoms with Crippen molar-refractivity contribution >= 4 is 5.78 Å². The van der Waals surface area contributed by atoms with Crippen molar-refractivity contribution in [3.63, 3.8) is 0 Å². The molecule has 0 aromatic carbocycles. The molecule has 0 amide bonds. The Morgan fingerprint density at radius 3 is 2.35 bits per heavy atom. The number of hydrogen-bond acceptors (Lipinski definition) is 3. The quantitative estimate of drug-likeness (QED) is 0.791. The number of piperazine rings is 1. The number of Topliss-reactive ketones (excluding diaryl/α,β-unsaturated/α-hetero) is 1. The van der Waals surface area contributed by atoms with Crippen molar-refractivity contribution < 1.29 is 4.79 Å². The number of hydrogen-bond donors (Lipinski definition) is 0. The summed E-state index contributed by atoms with van der Waals surface area (Å²) >= 11 is 0. The minimum Gasteiger partial charge on any atom is -0.301 e. The van der Waals surface area contributed by atoms with E-state index in [-0.39, 0.29) is 11.3 Å². The third-order valence-electron chi connectivity index (χ3n) is 4.96. The summed E-state index contributed by atoms with van der Waals surface area (Å²) in [6.07, 6.45) is 3.40. The number of carbonyl (C=O) groups excluding carboxylic acids is 1. The summed E-state index contributed by atoms with van der Waals surface area (Å²) in [4.78, 5) is 17.6. The molecule has 1 saturated heterocycles. The van der Waals surface area contributed by atoms with Crippen molar-refractivity contribution in [1.82, 2.24) is 9.80 Å². The maximum absolute atomic E-state index is 12.5. The van der Waals surface area contributed by atoms with Gasteiger partial charge in [0.25, 0.3) is 0 Å². The Labute approximate surface area is 124 Å². The molecule has 2 fully saturated rings. The maximum atomic E-state index is 12.5. The Morgan fingerprint density at radius 1 is 1.15 bits per heavy atom. The van der Waals surface area contributed by atoms with Crippen molar-refractivity contribution in [1.29, 1.82) is 0 Å². The highest BCUT2D eigenvalue weighted by Gasteiger charge is 2.38. The number of ketones is 1. The van der Waals surface area contributed by atoms with Gasteiger partial charge in [-0.2, -0.15) is 0 Å². The van der Waals surface area contributed by atoms with E-state index in [0.717, 1.165) is 38.4 Å². The van der Waals surface area contributed by atoms with Crippen molar-refractivity contribution in [3.8, 4) is 0 Å². The highest BCUT2D eigenvalue weighted by Crippen LogP contribution is 2.35. The van der Waals surface area contributed by atoms with Crippen LogP contribution in [-0.2, 0) is 4.79 Å². The molecule has 1 saturated carbocycles. The lowest BCUT2D eigenvalue weighted by Crippen LogP contribution is -2.50. The molecule has 0 spiro atoms. The van der Waals surface area contributed by atoms with Gasteiger partial charge in [0.2, 0.25) is 0 Å². The molecule has 0 bridgehead atoms. The Hall–Kier alpha value is -0.410. The highest BCUT2D eigenvalue weighted by atomic mass is 16.1. The van der Waals surface area contributed by atoms with Gasteiger partial charge in [-0.25, -0.2) is 0 Å². The fourth-order valence-electron chi connectivity index (χ4n) is 3.75. The second-order valence-electron chi connectivity index (χ2n) is 7.83. The van der Waals surface area contributed by atoms with Crippen molar-refractivity contribution in [2.75, 3.05) is 39.3 Å². The van der Waals surface area contributed by atoms with Gasteiger partial charge in [0.15, 0.2) is 0 Å². The Kier molecular flexibility index (Phi) is 5.25. The zero-order valence-electron chi connectivity index (χ0n) is 13.8. The predicted molar refractivity (Wildman–Crippen MR) is 83.8 cm³/mol. The molecule has 0 radical (unpaired) electrons. The fourth-order valence-corrected chi connectivity index (χ4v) is 3.75. The first-order chi connectivity index (χ1) is 9.38. The highest BCUT2D eigenvalue weighted by molar-refractivity contribution is 5.87. The molecular weight excluding hydrogens is 248 g/mol. The zero-order valence-corrected chi connectivity index (χ0v) is 13.8. The van der Waals surface area contributed by atoms with E-state index in [0.29, 0.717) is 5.78 Å². The topological polar surface area (TPSA) is 23.6 Å². The van der Waals surface area contributed by atoms with E-state index < -0.39 is 0 Å². The monoisotopic (exact) mass is 280 g/mol. The number of nitrogens with zero attached hydrogens (tertiary/aromatic N) is 2. The minimum atomic E-state index is -0.0810. The lowest BCUT2D eigenvalue weighted by atomic mass is 9.71. The summed E-state index contributed by atoms with van der Waals surface area (Å²) in [6.45, 7) is 15.6. The lowest BCUT2D eigenvalue weighted by Gasteiger charge is -2.40. The van der Waals surface area contributed by atoms with Crippen LogP contribution in [0.1, 0.15) is 47.0 Å². The van der Waals surface area contributed by atoms with Gasteiger partial charge in [0, 0.05) is 50.6 Å². The molecule has 20 heavy (non-hydrogen) atoms. The summed E-state index contributed by atoms with van der Waals surface area (Å²) in [6, 6.07) is 0. The second kappa shape index (κ2) is 6.57. The van der Waals surface area contributed by atoms with Gasteiger partial charge in [-0.3, -0.25) is 4.79 Å². The van der Waals surface area contributed by atoms with Gasteiger partial charge >= 0.3 is 0 Å². The van der Waals surface area contributed by atoms with Gasteiger partial charge < -0.3 is 9.80 Å². The normalized spacial score (nSPS) is 29.1. The summed E-state index contributed by atoms with van der Waals surface area (Å²) in [5.41, 5.74) is -0.0810. The molecule has 1 unspecified atom stereocenters. The Morgan fingerprint density at radius 2 is 1.75 bits per heavy atom. The summed E-state index contributed by atoms with van der Waals surface area (Å²) in [5, 5.41) is 0. The smallest absolute Gasteiger partial charge is 0.142 e. The lowest BCUT2D eigenvalue weighted by molar-refractivity contribution is -0.135. The first kappa shape index (κ1) is 16.0. The molecule has 1 atom stereocenters. The molecule has 116 valence electrons. The summed E-state index contributed by atoms with van der Waals surface area (Å²) < 4.78 is 0. The predicted octanol–water partition coefficient (Wildman–Crippen LogP) is 2.66. The van der Waals surface area contributed by atoms with Gasteiger partial charge in [0.05, 0.1) is 0 Å². The Bertz CT molecular complexity index is 330. The molecule has 3 nitrogen and oxygen atoms in total. The van der Waals surface area contributed by atoms with Crippen LogP contribution < -0.4 is 0 Å². The molecule has 1 aliphatic heterocycles. The van der Waals surface area contributed by atoms with E-state index in [1.165, 1.54) is 26.1 Å². The standard InChI is InChI=1S/C17H32N2O/c1-14(2)12-18-8-10-19(11-9-18)13-15-6-5-7-17(3,4)16(15)20/h14-15H,5-13H2,1-4H3. The third-order valence-corrected chi connectivity index (χ3v) is 4.96. The average molecular weight is 280 g/mol. The van der Waals surface area contributed by atoms with Crippen molar-refractivity contribution in [3.05, 3.63) is 0 Å². The first-order valence-corrected chi connectivity index (χ1v) is 8.37. The van der Waals surface area contributed by atoms with E-state index in [1.807, 2.05) is 0 Å². The zero-order chi connectivity index (χ0) is 14.8. The van der Waals surface area contributed by atoms with E-state index in [2.05, 4.69) is 37.5 Å². The minimum absolute atomic E-state index is 0.0810. The van der Waals surface area contributed by atoms with E-state index in [9.17, 15) is 4.79 Å². The number of rotatable bonds is 4. The fraction of sp³-hybridized carbons (Fsp3) is 0.941. The molecule has 2 rings (SSSR count). The van der Waals surface area contributed by atoms with E-state index in [4.69, 9.17) is 0 Å². The second-order valence-corrected chi connectivity index (χ2v) is 7.83. The van der Waals surface area contributed by atoms with Crippen LogP contribution in [0.25, 0.3) is 0 Å². The molecule has 2 aliphatic rings. The molecular formula is C17H32N2O. The SMILES string of the molecule is CC(C)CN1CCN(CC2CCCC(C)(C)C2=O)CC1. The van der Waals surface area contributed by atoms with E-state index in [1.54, 1.807) is 0 Å². The molecule has 0 N–H and O–H groups in total. The van der Waals surface area contributed by atoms with Crippen LogP contribution in [-0.4, -0.2) is 54.9 Å². The van der Waals surface area contributed by atoms with Crippen molar-refractivity contribution in [2.24, 2.45) is 17.3 Å². The maximum Gasteiger partial charge on any atom is 0.142 e. The van der Waals surface area contributed by atoms with Crippen LogP contribution >= 0.6 is 0 Å². The molecule has 3 heteroatoms. The average Bonchev–Trinajstić information content (AvgIpc) is 2.37. The molecule has 0 aromatic heterocycles. The van der Waals surface area contributed by atoms with Crippen LogP contribution in [0, 0.1) is 17.3 Å². The van der Waals surface area contributed by atoms with Gasteiger partial charge in [-0.05, 0) is 18.8 Å². The van der Waals surface area contributed by atoms with Crippen LogP contribution in [0.2, 0.25) is 0 Å². The van der Waals surface area contributed by atoms with Gasteiger partial charge in [0.1, 0.15) is 5.78 Å². The third kappa shape index (κ3) is 4.05. The van der Waals surface area contributed by atoms with Crippen molar-refractivity contribution in [2.45, 2.75) is 47.0 Å². The van der Waals surface area contributed by atoms with Gasteiger partial charge in [-0.1, -0.05) is 34.1 Å². The van der Waals surface area contributed by atoms with E-state index >= 15 is 0 Å². The number of carbonyl (C=O) groups is 1. The largest absolute Gasteiger partial charge is 0.301 e. The molecule has 0 aromatic rings.